The van der Waals surface area contributed by atoms with Crippen LogP contribution in [-0.4, -0.2) is 28.8 Å². The minimum atomic E-state index is 0.262. The Morgan fingerprint density at radius 2 is 2.03 bits per heavy atom. The van der Waals surface area contributed by atoms with E-state index in [0.29, 0.717) is 29.5 Å². The van der Waals surface area contributed by atoms with Crippen molar-refractivity contribution in [2.75, 3.05) is 11.4 Å². The van der Waals surface area contributed by atoms with Crippen molar-refractivity contribution in [3.05, 3.63) is 64.4 Å². The third kappa shape index (κ3) is 3.46. The molecule has 2 aliphatic carbocycles. The monoisotopic (exact) mass is 491 g/mol. The van der Waals surface area contributed by atoms with Crippen molar-refractivity contribution in [1.82, 2.24) is 10.1 Å². The Bertz CT molecular complexity index is 1320. The standard InChI is InChI=1S/C27H26ClN3O2S/c1-15-5-4-6-20(28)24(15)25-19(26(33-30-25)16-9-10-16)14-32-22-12-18-11-17(22)13-31(18)27-29-21-7-2-3-8-23(21)34-27/h2-8,16-18,22H,9-14H2,1H3. The van der Waals surface area contributed by atoms with Gasteiger partial charge in [-0.15, -0.1) is 0 Å². The van der Waals surface area contributed by atoms with Gasteiger partial charge in [0.05, 0.1) is 28.0 Å². The molecule has 174 valence electrons. The Morgan fingerprint density at radius 3 is 2.79 bits per heavy atom. The third-order valence-electron chi connectivity index (χ3n) is 7.67. The average Bonchev–Trinajstić information content (AvgIpc) is 3.17. The molecule has 4 aromatic rings. The van der Waals surface area contributed by atoms with Crippen LogP contribution < -0.4 is 4.90 Å². The van der Waals surface area contributed by atoms with Crippen LogP contribution in [0.4, 0.5) is 5.13 Å². The Labute approximate surface area is 207 Å². The van der Waals surface area contributed by atoms with Gasteiger partial charge in [0, 0.05) is 35.5 Å². The van der Waals surface area contributed by atoms with Crippen molar-refractivity contribution < 1.29 is 9.26 Å². The number of ether oxygens (including phenoxy) is 1. The largest absolute Gasteiger partial charge is 0.373 e. The van der Waals surface area contributed by atoms with E-state index < -0.39 is 0 Å². The number of hydrogen-bond donors (Lipinski definition) is 0. The van der Waals surface area contributed by atoms with E-state index in [-0.39, 0.29) is 6.10 Å². The number of para-hydroxylation sites is 1. The topological polar surface area (TPSA) is 51.4 Å². The van der Waals surface area contributed by atoms with Crippen molar-refractivity contribution in [3.63, 3.8) is 0 Å². The number of anilines is 1. The van der Waals surface area contributed by atoms with Crippen LogP contribution in [-0.2, 0) is 11.3 Å². The molecular weight excluding hydrogens is 466 g/mol. The first kappa shape index (κ1) is 20.9. The van der Waals surface area contributed by atoms with Gasteiger partial charge in [0.25, 0.3) is 0 Å². The second-order valence-electron chi connectivity index (χ2n) is 9.93. The van der Waals surface area contributed by atoms with Crippen LogP contribution >= 0.6 is 22.9 Å². The molecule has 3 fully saturated rings. The van der Waals surface area contributed by atoms with Crippen molar-refractivity contribution in [2.24, 2.45) is 5.92 Å². The van der Waals surface area contributed by atoms with Crippen LogP contribution in [0.5, 0.6) is 0 Å². The van der Waals surface area contributed by atoms with Crippen molar-refractivity contribution in [1.29, 1.82) is 0 Å². The zero-order valence-electron chi connectivity index (χ0n) is 19.0. The predicted molar refractivity (Wildman–Crippen MR) is 136 cm³/mol. The summed E-state index contributed by atoms with van der Waals surface area (Å²) in [5.41, 5.74) is 5.11. The van der Waals surface area contributed by atoms with E-state index in [1.165, 1.54) is 11.1 Å². The van der Waals surface area contributed by atoms with Crippen LogP contribution in [0.15, 0.2) is 47.0 Å². The quantitative estimate of drug-likeness (QED) is 0.291. The summed E-state index contributed by atoms with van der Waals surface area (Å²) in [7, 11) is 0. The number of piperidine rings is 1. The highest BCUT2D eigenvalue weighted by Gasteiger charge is 2.46. The average molecular weight is 492 g/mol. The summed E-state index contributed by atoms with van der Waals surface area (Å²) >= 11 is 8.39. The first-order valence-electron chi connectivity index (χ1n) is 12.1. The summed E-state index contributed by atoms with van der Waals surface area (Å²) in [6.07, 6.45) is 4.81. The molecule has 2 saturated carbocycles. The highest BCUT2D eigenvalue weighted by atomic mass is 35.5. The first-order chi connectivity index (χ1) is 16.7. The molecule has 3 atom stereocenters. The fraction of sp³-hybridized carbons (Fsp3) is 0.407. The van der Waals surface area contributed by atoms with Crippen LogP contribution in [0, 0.1) is 12.8 Å². The molecule has 5 nitrogen and oxygen atoms in total. The molecule has 7 heteroatoms. The number of benzene rings is 2. The van der Waals surface area contributed by atoms with Crippen LogP contribution in [0.25, 0.3) is 21.5 Å². The Morgan fingerprint density at radius 1 is 1.15 bits per heavy atom. The summed E-state index contributed by atoms with van der Waals surface area (Å²) in [6, 6.07) is 14.9. The first-order valence-corrected chi connectivity index (χ1v) is 13.3. The smallest absolute Gasteiger partial charge is 0.186 e. The molecule has 2 aromatic heterocycles. The number of aromatic nitrogens is 2. The van der Waals surface area contributed by atoms with E-state index in [4.69, 9.17) is 25.8 Å². The Balaban J connectivity index is 1.10. The van der Waals surface area contributed by atoms with Crippen LogP contribution in [0.3, 0.4) is 0 Å². The van der Waals surface area contributed by atoms with Crippen LogP contribution in [0.1, 0.15) is 48.5 Å². The molecule has 0 N–H and O–H groups in total. The van der Waals surface area contributed by atoms with Gasteiger partial charge in [0.1, 0.15) is 11.5 Å². The SMILES string of the molecule is Cc1cccc(Cl)c1-c1noc(C2CC2)c1COC1CC2CC1CN2c1nc2ccccc2s1. The van der Waals surface area contributed by atoms with E-state index in [9.17, 15) is 0 Å². The summed E-state index contributed by atoms with van der Waals surface area (Å²) < 4.78 is 13.7. The molecule has 0 radical (unpaired) electrons. The number of aryl methyl sites for hydroxylation is 1. The molecule has 1 aliphatic heterocycles. The number of nitrogens with zero attached hydrogens (tertiary/aromatic N) is 3. The molecule has 34 heavy (non-hydrogen) atoms. The normalized spacial score (nSPS) is 23.9. The van der Waals surface area contributed by atoms with E-state index >= 15 is 0 Å². The van der Waals surface area contributed by atoms with Gasteiger partial charge in [-0.25, -0.2) is 4.98 Å². The van der Waals surface area contributed by atoms with Gasteiger partial charge in [0.2, 0.25) is 0 Å². The second-order valence-corrected chi connectivity index (χ2v) is 11.3. The zero-order valence-corrected chi connectivity index (χ0v) is 20.6. The molecule has 3 heterocycles. The lowest BCUT2D eigenvalue weighted by Crippen LogP contribution is -2.38. The maximum absolute atomic E-state index is 6.60. The molecule has 0 spiro atoms. The maximum Gasteiger partial charge on any atom is 0.186 e. The number of rotatable bonds is 6. The molecule has 2 bridgehead atoms. The van der Waals surface area contributed by atoms with Crippen molar-refractivity contribution in [2.45, 2.75) is 57.3 Å². The third-order valence-corrected chi connectivity index (χ3v) is 9.06. The fourth-order valence-electron chi connectivity index (χ4n) is 5.77. The highest BCUT2D eigenvalue weighted by Crippen LogP contribution is 2.47. The van der Waals surface area contributed by atoms with E-state index in [1.54, 1.807) is 11.3 Å². The van der Waals surface area contributed by atoms with Crippen molar-refractivity contribution in [3.8, 4) is 11.3 Å². The molecule has 3 aliphatic rings. The maximum atomic E-state index is 6.60. The molecule has 3 unspecified atom stereocenters. The summed E-state index contributed by atoms with van der Waals surface area (Å²) in [5.74, 6) is 2.00. The molecular formula is C27H26ClN3O2S. The lowest BCUT2D eigenvalue weighted by atomic mass is 10.00. The molecule has 7 rings (SSSR count). The van der Waals surface area contributed by atoms with E-state index in [0.717, 1.165) is 64.6 Å². The number of fused-ring (bicyclic) bond motifs is 3. The van der Waals surface area contributed by atoms with Gasteiger partial charge in [-0.2, -0.15) is 0 Å². The lowest BCUT2D eigenvalue weighted by molar-refractivity contribution is 0.0122. The minimum Gasteiger partial charge on any atom is -0.373 e. The van der Waals surface area contributed by atoms with E-state index in [2.05, 4.69) is 47.3 Å². The van der Waals surface area contributed by atoms with Gasteiger partial charge in [-0.05, 0) is 56.4 Å². The zero-order chi connectivity index (χ0) is 22.8. The van der Waals surface area contributed by atoms with Gasteiger partial charge in [0.15, 0.2) is 5.13 Å². The minimum absolute atomic E-state index is 0.262. The van der Waals surface area contributed by atoms with Gasteiger partial charge < -0.3 is 14.2 Å². The molecule has 0 amide bonds. The fourth-order valence-corrected chi connectivity index (χ4v) is 7.13. The van der Waals surface area contributed by atoms with Crippen LogP contribution in [0.2, 0.25) is 5.02 Å². The predicted octanol–water partition coefficient (Wildman–Crippen LogP) is 6.97. The number of hydrogen-bond acceptors (Lipinski definition) is 6. The molecule has 1 saturated heterocycles. The van der Waals surface area contributed by atoms with Gasteiger partial charge >= 0.3 is 0 Å². The summed E-state index contributed by atoms with van der Waals surface area (Å²) in [6.45, 7) is 3.62. The number of thiazole rings is 1. The van der Waals surface area contributed by atoms with Crippen molar-refractivity contribution >= 4 is 38.3 Å². The van der Waals surface area contributed by atoms with Gasteiger partial charge in [-0.3, -0.25) is 0 Å². The summed E-state index contributed by atoms with van der Waals surface area (Å²) in [5, 5.41) is 6.34. The van der Waals surface area contributed by atoms with E-state index in [1.807, 2.05) is 12.1 Å². The lowest BCUT2D eigenvalue weighted by Gasteiger charge is -2.31. The Hall–Kier alpha value is -2.41. The Kier molecular flexibility index (Phi) is 4.97. The number of halogens is 1. The van der Waals surface area contributed by atoms with Gasteiger partial charge in [-0.1, -0.05) is 52.4 Å². The second kappa shape index (κ2) is 8.08. The molecule has 2 aromatic carbocycles. The summed E-state index contributed by atoms with van der Waals surface area (Å²) in [4.78, 5) is 7.40. The highest BCUT2D eigenvalue weighted by molar-refractivity contribution is 7.22.